The topological polar surface area (TPSA) is 35.6 Å². The maximum atomic E-state index is 14.1. The second-order valence-corrected chi connectivity index (χ2v) is 5.77. The number of fused-ring (bicyclic) bond motifs is 1. The predicted molar refractivity (Wildman–Crippen MR) is 76.0 cm³/mol. The highest BCUT2D eigenvalue weighted by Crippen LogP contribution is 2.33. The van der Waals surface area contributed by atoms with Crippen LogP contribution in [-0.4, -0.2) is 37.5 Å². The van der Waals surface area contributed by atoms with Crippen molar-refractivity contribution >= 4 is 11.6 Å². The minimum absolute atomic E-state index is 0.0367. The second-order valence-electron chi connectivity index (χ2n) is 5.77. The Bertz CT molecular complexity index is 532. The van der Waals surface area contributed by atoms with Gasteiger partial charge < -0.3 is 10.2 Å². The van der Waals surface area contributed by atoms with Crippen molar-refractivity contribution in [3.8, 4) is 0 Å². The lowest BCUT2D eigenvalue weighted by Crippen LogP contribution is -2.38. The molecule has 0 aliphatic carbocycles. The smallest absolute Gasteiger partial charge is 0.238 e. The summed E-state index contributed by atoms with van der Waals surface area (Å²) in [6, 6.07) is 5.18. The number of anilines is 1. The Hall–Kier alpha value is -1.62. The third-order valence-corrected chi connectivity index (χ3v) is 4.23. The maximum Gasteiger partial charge on any atom is 0.238 e. The minimum atomic E-state index is -0.248. The minimum Gasteiger partial charge on any atom is -0.375 e. The number of rotatable bonds is 2. The fourth-order valence-electron chi connectivity index (χ4n) is 3.19. The lowest BCUT2D eigenvalue weighted by molar-refractivity contribution is -0.122. The van der Waals surface area contributed by atoms with Gasteiger partial charge in [-0.25, -0.2) is 4.39 Å². The summed E-state index contributed by atoms with van der Waals surface area (Å²) in [7, 11) is 3.63. The van der Waals surface area contributed by atoms with Crippen molar-refractivity contribution in [3.05, 3.63) is 29.6 Å². The zero-order chi connectivity index (χ0) is 14.3. The van der Waals surface area contributed by atoms with Crippen LogP contribution in [0.5, 0.6) is 0 Å². The van der Waals surface area contributed by atoms with Crippen molar-refractivity contribution in [2.24, 2.45) is 0 Å². The number of benzene rings is 1. The van der Waals surface area contributed by atoms with E-state index in [1.165, 1.54) is 6.07 Å². The number of hydrogen-bond acceptors (Lipinski definition) is 3. The fourth-order valence-corrected chi connectivity index (χ4v) is 3.19. The highest BCUT2D eigenvalue weighted by Gasteiger charge is 2.41. The molecule has 4 nitrogen and oxygen atoms in total. The maximum absolute atomic E-state index is 14.1. The predicted octanol–water partition coefficient (Wildman–Crippen LogP) is 1.87. The molecule has 1 aromatic rings. The van der Waals surface area contributed by atoms with Crippen molar-refractivity contribution in [2.45, 2.75) is 31.5 Å². The van der Waals surface area contributed by atoms with E-state index >= 15 is 0 Å². The van der Waals surface area contributed by atoms with E-state index in [2.05, 4.69) is 10.2 Å². The molecule has 2 fully saturated rings. The Kier molecular flexibility index (Phi) is 3.38. The standard InChI is InChI=1S/C15H20FN3O/c1-18(2)12-7-6-10(9-11(12)16)14-17-15(20)13-5-3-4-8-19(13)14/h6-7,9,13-14H,3-5,8H2,1-2H3,(H,17,20)/t13-,14+/m0/s1. The van der Waals surface area contributed by atoms with Crippen molar-refractivity contribution < 1.29 is 9.18 Å². The van der Waals surface area contributed by atoms with Gasteiger partial charge in [-0.15, -0.1) is 0 Å². The van der Waals surface area contributed by atoms with Gasteiger partial charge in [0.2, 0.25) is 5.91 Å². The molecule has 0 unspecified atom stereocenters. The number of carbonyl (C=O) groups excluding carboxylic acids is 1. The van der Waals surface area contributed by atoms with Gasteiger partial charge in [-0.1, -0.05) is 12.5 Å². The number of halogens is 1. The van der Waals surface area contributed by atoms with Gasteiger partial charge in [-0.05, 0) is 30.5 Å². The molecule has 0 radical (unpaired) electrons. The molecule has 2 aliphatic heterocycles. The number of nitrogens with one attached hydrogen (secondary N) is 1. The normalized spacial score (nSPS) is 26.2. The zero-order valence-corrected chi connectivity index (χ0v) is 11.9. The number of nitrogens with zero attached hydrogens (tertiary/aromatic N) is 2. The average Bonchev–Trinajstić information content (AvgIpc) is 2.76. The molecule has 2 heterocycles. The molecule has 20 heavy (non-hydrogen) atoms. The number of amides is 1. The average molecular weight is 277 g/mol. The van der Waals surface area contributed by atoms with Gasteiger partial charge in [0.25, 0.3) is 0 Å². The lowest BCUT2D eigenvalue weighted by Gasteiger charge is -2.31. The van der Waals surface area contributed by atoms with Crippen LogP contribution in [0.3, 0.4) is 0 Å². The fraction of sp³-hybridized carbons (Fsp3) is 0.533. The molecule has 1 amide bonds. The van der Waals surface area contributed by atoms with Crippen LogP contribution in [0, 0.1) is 5.82 Å². The van der Waals surface area contributed by atoms with Gasteiger partial charge >= 0.3 is 0 Å². The molecule has 0 saturated carbocycles. The Balaban J connectivity index is 1.89. The molecule has 2 saturated heterocycles. The Labute approximate surface area is 118 Å². The van der Waals surface area contributed by atoms with Gasteiger partial charge in [0.15, 0.2) is 0 Å². The van der Waals surface area contributed by atoms with E-state index in [0.29, 0.717) is 5.69 Å². The SMILES string of the molecule is CN(C)c1ccc([C@@H]2NC(=O)[C@@H]3CCCCN32)cc1F. The summed E-state index contributed by atoms with van der Waals surface area (Å²) in [6.45, 7) is 0.894. The molecule has 3 rings (SSSR count). The van der Waals surface area contributed by atoms with Gasteiger partial charge in [-0.3, -0.25) is 9.69 Å². The van der Waals surface area contributed by atoms with E-state index in [1.807, 2.05) is 20.2 Å². The van der Waals surface area contributed by atoms with Crippen LogP contribution < -0.4 is 10.2 Å². The zero-order valence-electron chi connectivity index (χ0n) is 11.9. The number of carbonyl (C=O) groups is 1. The van der Waals surface area contributed by atoms with E-state index in [-0.39, 0.29) is 23.9 Å². The largest absolute Gasteiger partial charge is 0.375 e. The van der Waals surface area contributed by atoms with Crippen LogP contribution in [0.15, 0.2) is 18.2 Å². The van der Waals surface area contributed by atoms with E-state index in [0.717, 1.165) is 31.4 Å². The molecular formula is C15H20FN3O. The Morgan fingerprint density at radius 2 is 2.15 bits per heavy atom. The van der Waals surface area contributed by atoms with E-state index < -0.39 is 0 Å². The molecule has 1 aromatic carbocycles. The monoisotopic (exact) mass is 277 g/mol. The molecular weight excluding hydrogens is 257 g/mol. The first-order valence-electron chi connectivity index (χ1n) is 7.11. The molecule has 108 valence electrons. The van der Waals surface area contributed by atoms with Crippen LogP contribution in [0.4, 0.5) is 10.1 Å². The summed E-state index contributed by atoms with van der Waals surface area (Å²) in [5.74, 6) is -0.172. The van der Waals surface area contributed by atoms with E-state index in [1.54, 1.807) is 11.0 Å². The van der Waals surface area contributed by atoms with Crippen molar-refractivity contribution in [1.82, 2.24) is 10.2 Å². The molecule has 5 heteroatoms. The van der Waals surface area contributed by atoms with Crippen LogP contribution >= 0.6 is 0 Å². The summed E-state index contributed by atoms with van der Waals surface area (Å²) in [5.41, 5.74) is 1.39. The molecule has 2 aliphatic rings. The third kappa shape index (κ3) is 2.16. The first kappa shape index (κ1) is 13.4. The third-order valence-electron chi connectivity index (χ3n) is 4.23. The summed E-state index contributed by atoms with van der Waals surface area (Å²) in [5, 5.41) is 2.99. The Morgan fingerprint density at radius 3 is 2.85 bits per heavy atom. The van der Waals surface area contributed by atoms with Crippen LogP contribution in [0.2, 0.25) is 0 Å². The van der Waals surface area contributed by atoms with Gasteiger partial charge in [0, 0.05) is 20.6 Å². The quantitative estimate of drug-likeness (QED) is 0.896. The molecule has 1 N–H and O–H groups in total. The summed E-state index contributed by atoms with van der Waals surface area (Å²) in [4.78, 5) is 15.9. The molecule has 0 bridgehead atoms. The van der Waals surface area contributed by atoms with Crippen LogP contribution in [0.25, 0.3) is 0 Å². The van der Waals surface area contributed by atoms with E-state index in [4.69, 9.17) is 0 Å². The Morgan fingerprint density at radius 1 is 1.35 bits per heavy atom. The highest BCUT2D eigenvalue weighted by molar-refractivity contribution is 5.84. The second kappa shape index (κ2) is 5.05. The van der Waals surface area contributed by atoms with Crippen molar-refractivity contribution in [1.29, 1.82) is 0 Å². The summed E-state index contributed by atoms with van der Waals surface area (Å²) < 4.78 is 14.1. The first-order chi connectivity index (χ1) is 9.58. The van der Waals surface area contributed by atoms with Gasteiger partial charge in [0.05, 0.1) is 11.7 Å². The summed E-state index contributed by atoms with van der Waals surface area (Å²) in [6.07, 6.45) is 2.91. The van der Waals surface area contributed by atoms with Crippen LogP contribution in [-0.2, 0) is 4.79 Å². The lowest BCUT2D eigenvalue weighted by atomic mass is 10.0. The molecule has 0 spiro atoms. The highest BCUT2D eigenvalue weighted by atomic mass is 19.1. The van der Waals surface area contributed by atoms with Crippen molar-refractivity contribution in [2.75, 3.05) is 25.5 Å². The van der Waals surface area contributed by atoms with Gasteiger partial charge in [0.1, 0.15) is 12.0 Å². The summed E-state index contributed by atoms with van der Waals surface area (Å²) >= 11 is 0. The van der Waals surface area contributed by atoms with Crippen LogP contribution in [0.1, 0.15) is 31.0 Å². The van der Waals surface area contributed by atoms with Crippen molar-refractivity contribution in [3.63, 3.8) is 0 Å². The van der Waals surface area contributed by atoms with Gasteiger partial charge in [-0.2, -0.15) is 0 Å². The first-order valence-corrected chi connectivity index (χ1v) is 7.11. The number of piperidine rings is 1. The number of hydrogen-bond donors (Lipinski definition) is 1. The molecule has 0 aromatic heterocycles. The van der Waals surface area contributed by atoms with E-state index in [9.17, 15) is 9.18 Å². The molecule has 2 atom stereocenters.